The average Bonchev–Trinajstić information content (AvgIpc) is 3.35. The van der Waals surface area contributed by atoms with Gasteiger partial charge in [-0.2, -0.15) is 0 Å². The fourth-order valence-corrected chi connectivity index (χ4v) is 3.49. The Kier molecular flexibility index (Phi) is 4.94. The fraction of sp³-hybridized carbons (Fsp3) is 0.667. The van der Waals surface area contributed by atoms with Gasteiger partial charge in [-0.15, -0.1) is 0 Å². The predicted octanol–water partition coefficient (Wildman–Crippen LogP) is 2.58. The molecule has 0 amide bonds. The summed E-state index contributed by atoms with van der Waals surface area (Å²) in [7, 11) is 1.80. The van der Waals surface area contributed by atoms with Gasteiger partial charge in [-0.1, -0.05) is 18.2 Å². The molecule has 116 valence electrons. The first kappa shape index (κ1) is 15.0. The largest absolute Gasteiger partial charge is 0.383 e. The number of methoxy groups -OCH3 is 1. The lowest BCUT2D eigenvalue weighted by molar-refractivity contribution is 0.111. The van der Waals surface area contributed by atoms with E-state index in [0.717, 1.165) is 38.7 Å². The van der Waals surface area contributed by atoms with Crippen molar-refractivity contribution in [3.8, 4) is 0 Å². The van der Waals surface area contributed by atoms with Crippen molar-refractivity contribution in [1.29, 1.82) is 0 Å². The summed E-state index contributed by atoms with van der Waals surface area (Å²) < 4.78 is 5.32. The lowest BCUT2D eigenvalue weighted by Gasteiger charge is -2.31. The van der Waals surface area contributed by atoms with Crippen LogP contribution in [0.25, 0.3) is 0 Å². The standard InChI is InChI=1S/C18H28N2O/c1-14(15-6-7-15)20(10-11-21-2)13-17-5-3-4-16-12-19-9-8-18(16)17/h3-5,14-15,19H,6-13H2,1-2H3. The molecule has 1 atom stereocenters. The monoisotopic (exact) mass is 288 g/mol. The highest BCUT2D eigenvalue weighted by Gasteiger charge is 2.32. The van der Waals surface area contributed by atoms with Crippen LogP contribution in [0, 0.1) is 5.92 Å². The predicted molar refractivity (Wildman–Crippen MR) is 86.3 cm³/mol. The van der Waals surface area contributed by atoms with Crippen LogP contribution in [0.15, 0.2) is 18.2 Å². The number of fused-ring (bicyclic) bond motifs is 1. The molecule has 3 heteroatoms. The van der Waals surface area contributed by atoms with Crippen LogP contribution in [0.4, 0.5) is 0 Å². The Morgan fingerprint density at radius 2 is 2.24 bits per heavy atom. The van der Waals surface area contributed by atoms with E-state index in [9.17, 15) is 0 Å². The first-order valence-corrected chi connectivity index (χ1v) is 8.33. The van der Waals surface area contributed by atoms with Crippen LogP contribution >= 0.6 is 0 Å². The van der Waals surface area contributed by atoms with Crippen molar-refractivity contribution in [3.05, 3.63) is 34.9 Å². The van der Waals surface area contributed by atoms with Gasteiger partial charge in [0.05, 0.1) is 6.61 Å². The molecule has 21 heavy (non-hydrogen) atoms. The molecule has 1 aliphatic carbocycles. The molecular weight excluding hydrogens is 260 g/mol. The highest BCUT2D eigenvalue weighted by Crippen LogP contribution is 2.36. The summed E-state index contributed by atoms with van der Waals surface area (Å²) in [6, 6.07) is 7.49. The Hall–Kier alpha value is -0.900. The van der Waals surface area contributed by atoms with Gasteiger partial charge >= 0.3 is 0 Å². The number of hydrogen-bond donors (Lipinski definition) is 1. The van der Waals surface area contributed by atoms with Crippen molar-refractivity contribution in [2.75, 3.05) is 26.8 Å². The molecular formula is C18H28N2O. The third-order valence-electron chi connectivity index (χ3n) is 5.07. The zero-order valence-corrected chi connectivity index (χ0v) is 13.4. The van der Waals surface area contributed by atoms with E-state index in [1.54, 1.807) is 12.7 Å². The summed E-state index contributed by atoms with van der Waals surface area (Å²) in [6.07, 6.45) is 3.98. The van der Waals surface area contributed by atoms with Crippen LogP contribution in [-0.2, 0) is 24.2 Å². The Balaban J connectivity index is 1.75. The molecule has 1 unspecified atom stereocenters. The molecule has 3 nitrogen and oxygen atoms in total. The van der Waals surface area contributed by atoms with Crippen molar-refractivity contribution in [3.63, 3.8) is 0 Å². The fourth-order valence-electron chi connectivity index (χ4n) is 3.49. The van der Waals surface area contributed by atoms with E-state index in [1.807, 2.05) is 0 Å². The first-order valence-electron chi connectivity index (χ1n) is 8.33. The number of benzene rings is 1. The van der Waals surface area contributed by atoms with Crippen LogP contribution in [0.5, 0.6) is 0 Å². The van der Waals surface area contributed by atoms with Gasteiger partial charge in [-0.05, 0) is 55.3 Å². The van der Waals surface area contributed by atoms with Crippen LogP contribution < -0.4 is 5.32 Å². The second-order valence-corrected chi connectivity index (χ2v) is 6.52. The number of nitrogens with zero attached hydrogens (tertiary/aromatic N) is 1. The highest BCUT2D eigenvalue weighted by atomic mass is 16.5. The van der Waals surface area contributed by atoms with E-state index in [1.165, 1.54) is 30.4 Å². The van der Waals surface area contributed by atoms with Gasteiger partial charge < -0.3 is 10.1 Å². The van der Waals surface area contributed by atoms with E-state index < -0.39 is 0 Å². The van der Waals surface area contributed by atoms with Crippen molar-refractivity contribution < 1.29 is 4.74 Å². The maximum atomic E-state index is 5.32. The third-order valence-corrected chi connectivity index (χ3v) is 5.07. The molecule has 0 saturated heterocycles. The van der Waals surface area contributed by atoms with E-state index in [4.69, 9.17) is 4.74 Å². The van der Waals surface area contributed by atoms with Crippen LogP contribution in [-0.4, -0.2) is 37.7 Å². The molecule has 2 aliphatic rings. The van der Waals surface area contributed by atoms with E-state index >= 15 is 0 Å². The summed E-state index contributed by atoms with van der Waals surface area (Å²) in [4.78, 5) is 2.62. The van der Waals surface area contributed by atoms with Crippen molar-refractivity contribution >= 4 is 0 Å². The van der Waals surface area contributed by atoms with Crippen LogP contribution in [0.2, 0.25) is 0 Å². The van der Waals surface area contributed by atoms with Gasteiger partial charge in [-0.3, -0.25) is 4.90 Å². The average molecular weight is 288 g/mol. The van der Waals surface area contributed by atoms with Gasteiger partial charge in [0.25, 0.3) is 0 Å². The summed E-state index contributed by atoms with van der Waals surface area (Å²) >= 11 is 0. The molecule has 1 aliphatic heterocycles. The zero-order valence-electron chi connectivity index (χ0n) is 13.4. The molecule has 1 fully saturated rings. The number of rotatable bonds is 7. The molecule has 0 spiro atoms. The van der Waals surface area contributed by atoms with E-state index in [-0.39, 0.29) is 0 Å². The topological polar surface area (TPSA) is 24.5 Å². The van der Waals surface area contributed by atoms with Crippen molar-refractivity contribution in [2.45, 2.75) is 45.3 Å². The SMILES string of the molecule is COCCN(Cc1cccc2c1CCNC2)C(C)C1CC1. The molecule has 3 rings (SSSR count). The van der Waals surface area contributed by atoms with Gasteiger partial charge in [0.15, 0.2) is 0 Å². The molecule has 0 radical (unpaired) electrons. The minimum Gasteiger partial charge on any atom is -0.383 e. The molecule has 1 aromatic carbocycles. The van der Waals surface area contributed by atoms with E-state index in [2.05, 4.69) is 35.3 Å². The summed E-state index contributed by atoms with van der Waals surface area (Å²) in [6.45, 7) is 7.47. The van der Waals surface area contributed by atoms with Crippen LogP contribution in [0.1, 0.15) is 36.5 Å². The maximum absolute atomic E-state index is 5.32. The zero-order chi connectivity index (χ0) is 14.7. The third kappa shape index (κ3) is 3.65. The molecule has 1 N–H and O–H groups in total. The summed E-state index contributed by atoms with van der Waals surface area (Å²) in [5, 5.41) is 3.47. The van der Waals surface area contributed by atoms with Gasteiger partial charge in [0.1, 0.15) is 0 Å². The first-order chi connectivity index (χ1) is 10.3. The Morgan fingerprint density at radius 3 is 3.00 bits per heavy atom. The van der Waals surface area contributed by atoms with Gasteiger partial charge in [0.2, 0.25) is 0 Å². The second-order valence-electron chi connectivity index (χ2n) is 6.52. The quantitative estimate of drug-likeness (QED) is 0.834. The Morgan fingerprint density at radius 1 is 1.38 bits per heavy atom. The molecule has 0 bridgehead atoms. The summed E-state index contributed by atoms with van der Waals surface area (Å²) in [5.41, 5.74) is 4.60. The van der Waals surface area contributed by atoms with E-state index in [0.29, 0.717) is 6.04 Å². The minimum absolute atomic E-state index is 0.678. The molecule has 1 heterocycles. The number of hydrogen-bond acceptors (Lipinski definition) is 3. The Labute approximate surface area is 128 Å². The van der Waals surface area contributed by atoms with Gasteiger partial charge in [-0.25, -0.2) is 0 Å². The van der Waals surface area contributed by atoms with Gasteiger partial charge in [0, 0.05) is 32.8 Å². The summed E-state index contributed by atoms with van der Waals surface area (Å²) in [5.74, 6) is 0.906. The maximum Gasteiger partial charge on any atom is 0.0589 e. The molecule has 1 aromatic rings. The minimum atomic E-state index is 0.678. The highest BCUT2D eigenvalue weighted by molar-refractivity contribution is 5.37. The smallest absolute Gasteiger partial charge is 0.0589 e. The number of ether oxygens (including phenoxy) is 1. The van der Waals surface area contributed by atoms with Crippen molar-refractivity contribution in [2.24, 2.45) is 5.92 Å². The lowest BCUT2D eigenvalue weighted by Crippen LogP contribution is -2.37. The van der Waals surface area contributed by atoms with Crippen LogP contribution in [0.3, 0.4) is 0 Å². The molecule has 1 saturated carbocycles. The second kappa shape index (κ2) is 6.91. The normalized spacial score (nSPS) is 19.6. The van der Waals surface area contributed by atoms with Crippen molar-refractivity contribution in [1.82, 2.24) is 10.2 Å². The Bertz CT molecular complexity index is 470. The number of nitrogens with one attached hydrogen (secondary N) is 1. The lowest BCUT2D eigenvalue weighted by atomic mass is 9.95. The molecule has 0 aromatic heterocycles.